The van der Waals surface area contributed by atoms with Gasteiger partial charge in [0.05, 0.1) is 28.6 Å². The van der Waals surface area contributed by atoms with Crippen molar-refractivity contribution in [3.8, 4) is 27.6 Å². The molecule has 7 nitrogen and oxygen atoms in total. The zero-order chi connectivity index (χ0) is 25.1. The van der Waals surface area contributed by atoms with Crippen LogP contribution in [0, 0.1) is 0 Å². The van der Waals surface area contributed by atoms with Gasteiger partial charge in [0.2, 0.25) is 0 Å². The second-order valence-electron chi connectivity index (χ2n) is 7.81. The van der Waals surface area contributed by atoms with E-state index in [2.05, 4.69) is 15.3 Å². The maximum absolute atomic E-state index is 13.0. The fourth-order valence-corrected chi connectivity index (χ4v) is 5.35. The van der Waals surface area contributed by atoms with Gasteiger partial charge < -0.3 is 9.47 Å². The highest BCUT2D eigenvalue weighted by Gasteiger charge is 2.23. The van der Waals surface area contributed by atoms with E-state index in [1.54, 1.807) is 19.2 Å². The number of ether oxygens (including phenoxy) is 2. The molecule has 0 aliphatic carbocycles. The van der Waals surface area contributed by atoms with Gasteiger partial charge in [0.1, 0.15) is 10.8 Å². The number of para-hydroxylation sites is 2. The predicted octanol–water partition coefficient (Wildman–Crippen LogP) is 6.28. The Morgan fingerprint density at radius 1 is 0.917 bits per heavy atom. The number of esters is 1. The summed E-state index contributed by atoms with van der Waals surface area (Å²) in [6.45, 7) is 1.53. The Morgan fingerprint density at radius 2 is 1.64 bits per heavy atom. The first-order valence-electron chi connectivity index (χ1n) is 11.1. The molecular formula is C27H21N3O4S2. The highest BCUT2D eigenvalue weighted by molar-refractivity contribution is 7.21. The number of hydrogen-bond donors (Lipinski definition) is 1. The lowest BCUT2D eigenvalue weighted by atomic mass is 10.1. The minimum Gasteiger partial charge on any atom is -0.496 e. The van der Waals surface area contributed by atoms with Gasteiger partial charge in [-0.1, -0.05) is 42.5 Å². The van der Waals surface area contributed by atoms with E-state index in [0.717, 1.165) is 15.8 Å². The number of fused-ring (bicyclic) bond motifs is 1. The van der Waals surface area contributed by atoms with Crippen molar-refractivity contribution >= 4 is 49.9 Å². The lowest BCUT2D eigenvalue weighted by molar-refractivity contribution is -0.123. The molecule has 2 aromatic heterocycles. The van der Waals surface area contributed by atoms with Crippen LogP contribution in [0.2, 0.25) is 0 Å². The van der Waals surface area contributed by atoms with Crippen LogP contribution >= 0.6 is 22.7 Å². The molecular weight excluding hydrogens is 494 g/mol. The number of benzene rings is 3. The van der Waals surface area contributed by atoms with Crippen molar-refractivity contribution in [2.75, 3.05) is 12.4 Å². The normalized spacial score (nSPS) is 11.7. The van der Waals surface area contributed by atoms with E-state index in [0.29, 0.717) is 32.7 Å². The third-order valence-corrected chi connectivity index (χ3v) is 7.27. The van der Waals surface area contributed by atoms with Crippen LogP contribution in [-0.4, -0.2) is 35.1 Å². The second kappa shape index (κ2) is 10.3. The molecule has 5 rings (SSSR count). The van der Waals surface area contributed by atoms with E-state index in [1.165, 1.54) is 29.6 Å². The van der Waals surface area contributed by atoms with Crippen LogP contribution in [0.1, 0.15) is 17.3 Å². The third kappa shape index (κ3) is 4.84. The Bertz CT molecular complexity index is 1530. The minimum absolute atomic E-state index is 0.351. The highest BCUT2D eigenvalue weighted by Crippen LogP contribution is 2.33. The molecule has 1 amide bonds. The van der Waals surface area contributed by atoms with E-state index in [9.17, 15) is 9.59 Å². The van der Waals surface area contributed by atoms with Crippen molar-refractivity contribution in [3.63, 3.8) is 0 Å². The van der Waals surface area contributed by atoms with Crippen molar-refractivity contribution in [1.29, 1.82) is 0 Å². The van der Waals surface area contributed by atoms with Gasteiger partial charge in [-0.25, -0.2) is 14.8 Å². The molecule has 1 atom stereocenters. The fraction of sp³-hybridized carbons (Fsp3) is 0.111. The molecule has 180 valence electrons. The molecule has 0 saturated carbocycles. The predicted molar refractivity (Wildman–Crippen MR) is 143 cm³/mol. The average Bonchev–Trinajstić information content (AvgIpc) is 3.55. The van der Waals surface area contributed by atoms with Crippen molar-refractivity contribution in [3.05, 3.63) is 83.7 Å². The first kappa shape index (κ1) is 23.7. The molecule has 2 heterocycles. The van der Waals surface area contributed by atoms with Crippen LogP contribution in [0.4, 0.5) is 5.13 Å². The van der Waals surface area contributed by atoms with Crippen molar-refractivity contribution < 1.29 is 19.1 Å². The zero-order valence-electron chi connectivity index (χ0n) is 19.4. The third-order valence-electron chi connectivity index (χ3n) is 5.44. The summed E-state index contributed by atoms with van der Waals surface area (Å²) in [5, 5.41) is 5.68. The van der Waals surface area contributed by atoms with Crippen LogP contribution < -0.4 is 10.1 Å². The average molecular weight is 516 g/mol. The van der Waals surface area contributed by atoms with Gasteiger partial charge in [-0.2, -0.15) is 0 Å². The molecule has 0 aliphatic rings. The summed E-state index contributed by atoms with van der Waals surface area (Å²) >= 11 is 2.78. The maximum Gasteiger partial charge on any atom is 0.339 e. The SMILES string of the molecule is COc1ccccc1-c1csc(NC(=O)C(C)OC(=O)c2ccccc2-c2nc3ccccc3s2)n1. The summed E-state index contributed by atoms with van der Waals surface area (Å²) < 4.78 is 11.9. The van der Waals surface area contributed by atoms with Gasteiger partial charge in [0.25, 0.3) is 5.91 Å². The van der Waals surface area contributed by atoms with Gasteiger partial charge in [-0.3, -0.25) is 10.1 Å². The lowest BCUT2D eigenvalue weighted by Gasteiger charge is -2.13. The van der Waals surface area contributed by atoms with Crippen molar-refractivity contribution in [2.24, 2.45) is 0 Å². The van der Waals surface area contributed by atoms with Gasteiger partial charge in [0.15, 0.2) is 11.2 Å². The molecule has 9 heteroatoms. The number of amides is 1. The molecule has 1 N–H and O–H groups in total. The Hall–Kier alpha value is -4.08. The largest absolute Gasteiger partial charge is 0.496 e. The standard InChI is InChI=1S/C27H21N3O4S2/c1-16(24(31)30-27-29-21(15-35-27)19-11-5-7-13-22(19)33-2)34-26(32)18-10-4-3-9-17(18)25-28-20-12-6-8-14-23(20)36-25/h3-16H,1-2H3,(H,29,30,31). The quantitative estimate of drug-likeness (QED) is 0.257. The van der Waals surface area contributed by atoms with Crippen LogP contribution in [0.15, 0.2) is 78.2 Å². The summed E-state index contributed by atoms with van der Waals surface area (Å²) in [7, 11) is 1.60. The molecule has 0 aliphatic heterocycles. The van der Waals surface area contributed by atoms with Gasteiger partial charge >= 0.3 is 5.97 Å². The number of anilines is 1. The molecule has 5 aromatic rings. The summed E-state index contributed by atoms with van der Waals surface area (Å²) in [6, 6.07) is 22.4. The van der Waals surface area contributed by atoms with Crippen molar-refractivity contribution in [2.45, 2.75) is 13.0 Å². The van der Waals surface area contributed by atoms with Gasteiger partial charge in [-0.15, -0.1) is 22.7 Å². The molecule has 0 fully saturated rings. The van der Waals surface area contributed by atoms with Crippen LogP contribution in [0.3, 0.4) is 0 Å². The maximum atomic E-state index is 13.0. The zero-order valence-corrected chi connectivity index (χ0v) is 21.1. The smallest absolute Gasteiger partial charge is 0.339 e. The van der Waals surface area contributed by atoms with Crippen LogP contribution in [-0.2, 0) is 9.53 Å². The molecule has 0 radical (unpaired) electrons. The summed E-state index contributed by atoms with van der Waals surface area (Å²) in [6.07, 6.45) is -1.03. The topological polar surface area (TPSA) is 90.4 Å². The Kier molecular flexibility index (Phi) is 6.75. The first-order valence-corrected chi connectivity index (χ1v) is 12.8. The fourth-order valence-electron chi connectivity index (χ4n) is 3.63. The molecule has 1 unspecified atom stereocenters. The van der Waals surface area contributed by atoms with Crippen LogP contribution in [0.25, 0.3) is 32.0 Å². The Morgan fingerprint density at radius 3 is 2.44 bits per heavy atom. The number of aromatic nitrogens is 2. The molecule has 0 saturated heterocycles. The molecule has 36 heavy (non-hydrogen) atoms. The van der Waals surface area contributed by atoms with Crippen LogP contribution in [0.5, 0.6) is 5.75 Å². The summed E-state index contributed by atoms with van der Waals surface area (Å²) in [4.78, 5) is 34.9. The van der Waals surface area contributed by atoms with Crippen molar-refractivity contribution in [1.82, 2.24) is 9.97 Å². The Labute approximate surface area is 215 Å². The summed E-state index contributed by atoms with van der Waals surface area (Å²) in [5.41, 5.74) is 3.38. The van der Waals surface area contributed by atoms with E-state index >= 15 is 0 Å². The molecule has 0 bridgehead atoms. The molecule has 0 spiro atoms. The molecule has 3 aromatic carbocycles. The Balaban J connectivity index is 1.29. The minimum atomic E-state index is -1.03. The second-order valence-corrected chi connectivity index (χ2v) is 9.70. The van der Waals surface area contributed by atoms with E-state index in [4.69, 9.17) is 9.47 Å². The van der Waals surface area contributed by atoms with Gasteiger partial charge in [0, 0.05) is 16.5 Å². The number of nitrogens with zero attached hydrogens (tertiary/aromatic N) is 2. The number of thiazole rings is 2. The number of nitrogens with one attached hydrogen (secondary N) is 1. The monoisotopic (exact) mass is 515 g/mol. The number of methoxy groups -OCH3 is 1. The number of hydrogen-bond acceptors (Lipinski definition) is 8. The highest BCUT2D eigenvalue weighted by atomic mass is 32.1. The summed E-state index contributed by atoms with van der Waals surface area (Å²) in [5.74, 6) is -0.377. The number of rotatable bonds is 7. The van der Waals surface area contributed by atoms with E-state index < -0.39 is 18.0 Å². The number of carbonyl (C=O) groups is 2. The first-order chi connectivity index (χ1) is 17.5. The van der Waals surface area contributed by atoms with E-state index in [1.807, 2.05) is 66.0 Å². The van der Waals surface area contributed by atoms with Gasteiger partial charge in [-0.05, 0) is 37.3 Å². The number of carbonyl (C=O) groups excluding carboxylic acids is 2. The lowest BCUT2D eigenvalue weighted by Crippen LogP contribution is -2.30. The van der Waals surface area contributed by atoms with E-state index in [-0.39, 0.29) is 0 Å².